The molecule has 3 aliphatic heterocycles. The number of nitrogens with one attached hydrogen (secondary N) is 2. The van der Waals surface area contributed by atoms with Gasteiger partial charge in [-0.15, -0.1) is 11.3 Å². The molecule has 8 rings (SSSR count). The van der Waals surface area contributed by atoms with Crippen molar-refractivity contribution in [1.29, 1.82) is 0 Å². The maximum absolute atomic E-state index is 14.7. The van der Waals surface area contributed by atoms with Gasteiger partial charge < -0.3 is 39.2 Å². The van der Waals surface area contributed by atoms with Crippen LogP contribution in [-0.4, -0.2) is 142 Å². The number of likely N-dealkylation sites (N-methyl/N-ethyl adjacent to an activating group) is 2. The molecular formula is C48H65N9O7S. The molecule has 1 saturated carbocycles. The van der Waals surface area contributed by atoms with E-state index in [2.05, 4.69) is 51.4 Å². The van der Waals surface area contributed by atoms with Crippen LogP contribution in [0.25, 0.3) is 33.4 Å². The number of ether oxygens (including phenoxy) is 2. The van der Waals surface area contributed by atoms with E-state index in [9.17, 15) is 24.3 Å². The number of pyridine rings is 1. The molecule has 2 saturated heterocycles. The Morgan fingerprint density at radius 1 is 1.11 bits per heavy atom. The summed E-state index contributed by atoms with van der Waals surface area (Å²) < 4.78 is 14.1. The van der Waals surface area contributed by atoms with Gasteiger partial charge in [0.25, 0.3) is 5.91 Å². The van der Waals surface area contributed by atoms with Gasteiger partial charge >= 0.3 is 12.0 Å². The average Bonchev–Trinajstić information content (AvgIpc) is 4.07. The summed E-state index contributed by atoms with van der Waals surface area (Å²) in [5.74, 6) is -1.91. The van der Waals surface area contributed by atoms with Crippen LogP contribution in [0.2, 0.25) is 0 Å². The molecule has 16 nitrogen and oxygen atoms in total. The lowest BCUT2D eigenvalue weighted by molar-refractivity contribution is -0.189. The van der Waals surface area contributed by atoms with Gasteiger partial charge in [0.1, 0.15) is 12.1 Å². The fourth-order valence-corrected chi connectivity index (χ4v) is 11.0. The highest BCUT2D eigenvalue weighted by molar-refractivity contribution is 7.10. The van der Waals surface area contributed by atoms with Crippen LogP contribution in [0.1, 0.15) is 88.6 Å². The molecule has 350 valence electrons. The predicted octanol–water partition coefficient (Wildman–Crippen LogP) is 5.38. The van der Waals surface area contributed by atoms with E-state index in [1.807, 2.05) is 39.3 Å². The Morgan fingerprint density at radius 2 is 1.86 bits per heavy atom. The van der Waals surface area contributed by atoms with Gasteiger partial charge in [-0.2, -0.15) is 5.43 Å². The lowest BCUT2D eigenvalue weighted by atomic mass is 9.84. The summed E-state index contributed by atoms with van der Waals surface area (Å²) in [4.78, 5) is 72.9. The second-order valence-electron chi connectivity index (χ2n) is 19.2. The Balaban J connectivity index is 1.19. The molecule has 1 aliphatic carbocycles. The normalized spacial score (nSPS) is 23.2. The molecule has 0 unspecified atom stereocenters. The second kappa shape index (κ2) is 19.1. The number of amides is 4. The molecule has 65 heavy (non-hydrogen) atoms. The van der Waals surface area contributed by atoms with E-state index in [0.29, 0.717) is 37.5 Å². The van der Waals surface area contributed by atoms with Gasteiger partial charge in [-0.3, -0.25) is 19.6 Å². The molecule has 3 fully saturated rings. The summed E-state index contributed by atoms with van der Waals surface area (Å²) in [6, 6.07) is 8.21. The number of nitrogens with zero attached hydrogens (tertiary/aromatic N) is 7. The summed E-state index contributed by atoms with van der Waals surface area (Å²) >= 11 is 1.40. The van der Waals surface area contributed by atoms with Crippen LogP contribution >= 0.6 is 11.3 Å². The van der Waals surface area contributed by atoms with Crippen LogP contribution in [0.4, 0.5) is 4.79 Å². The Morgan fingerprint density at radius 3 is 2.58 bits per heavy atom. The number of urea groups is 1. The molecule has 3 N–H and O–H groups in total. The zero-order valence-electron chi connectivity index (χ0n) is 38.9. The number of fused-ring (bicyclic) bond motifs is 6. The quantitative estimate of drug-likeness (QED) is 0.194. The standard InChI is InChI=1S/C48H65N9O7S/c1-8-56-38-17-16-32-25-34(38)35(42(56)33-15-11-19-49-40(33)30(2)63-7)27-47(3,4)29-64-45(60)48(62)18-12-20-57(52-48)44(59)36(26-39-50-37(32)28-65-39)51-43(58)41(31-13-9-10-14-31)54(6)46(61)55-23-21-53(5)22-24-55/h11,15-17,19,25,28,30-31,36,41,52,62H,8-10,12-14,18,20-24,26-27,29H2,1-7H3,(H,51,58)/t30-,36-,41-,48-/m0/s1. The number of piperazine rings is 1. The zero-order valence-corrected chi connectivity index (χ0v) is 39.7. The number of carbonyl (C=O) groups is 4. The number of cyclic esters (lactones) is 1. The van der Waals surface area contributed by atoms with Crippen molar-refractivity contribution < 1.29 is 33.8 Å². The molecule has 0 spiro atoms. The molecular weight excluding hydrogens is 847 g/mol. The summed E-state index contributed by atoms with van der Waals surface area (Å²) in [7, 11) is 5.39. The van der Waals surface area contributed by atoms with Crippen molar-refractivity contribution in [2.45, 2.75) is 110 Å². The third-order valence-corrected chi connectivity index (χ3v) is 14.7. The molecule has 4 amide bonds. The number of hydrazine groups is 1. The Hall–Kier alpha value is -4.94. The van der Waals surface area contributed by atoms with Gasteiger partial charge in [0.2, 0.25) is 11.6 Å². The Kier molecular flexibility index (Phi) is 13.7. The van der Waals surface area contributed by atoms with Crippen molar-refractivity contribution in [3.63, 3.8) is 0 Å². The van der Waals surface area contributed by atoms with Crippen molar-refractivity contribution in [2.24, 2.45) is 11.3 Å². The molecule has 17 heteroatoms. The molecule has 6 bridgehead atoms. The number of hydrogen-bond acceptors (Lipinski definition) is 12. The number of aryl methyl sites for hydroxylation is 1. The minimum Gasteiger partial charge on any atom is -0.462 e. The topological polar surface area (TPSA) is 175 Å². The number of thiazole rings is 1. The van der Waals surface area contributed by atoms with E-state index >= 15 is 0 Å². The van der Waals surface area contributed by atoms with Gasteiger partial charge in [-0.1, -0.05) is 32.8 Å². The maximum atomic E-state index is 14.7. The highest BCUT2D eigenvalue weighted by atomic mass is 32.1. The lowest BCUT2D eigenvalue weighted by Crippen LogP contribution is -2.67. The first-order valence-corrected chi connectivity index (χ1v) is 24.1. The summed E-state index contributed by atoms with van der Waals surface area (Å²) in [5, 5.41) is 19.8. The van der Waals surface area contributed by atoms with Crippen molar-refractivity contribution in [2.75, 3.05) is 60.5 Å². The van der Waals surface area contributed by atoms with Crippen LogP contribution in [0.3, 0.4) is 0 Å². The van der Waals surface area contributed by atoms with Crippen molar-refractivity contribution in [3.8, 4) is 22.5 Å². The zero-order chi connectivity index (χ0) is 46.2. The molecule has 4 atom stereocenters. The third kappa shape index (κ3) is 9.53. The minimum absolute atomic E-state index is 0.0181. The van der Waals surface area contributed by atoms with Crippen molar-refractivity contribution >= 4 is 46.1 Å². The number of methoxy groups -OCH3 is 1. The number of hydrogen-bond donors (Lipinski definition) is 3. The van der Waals surface area contributed by atoms with Crippen molar-refractivity contribution in [3.05, 3.63) is 58.2 Å². The smallest absolute Gasteiger partial charge is 0.355 e. The van der Waals surface area contributed by atoms with Gasteiger partial charge in [0, 0.05) is 105 Å². The van der Waals surface area contributed by atoms with Crippen LogP contribution in [0.15, 0.2) is 41.9 Å². The molecule has 6 heterocycles. The first-order chi connectivity index (χ1) is 31.1. The summed E-state index contributed by atoms with van der Waals surface area (Å²) in [6.07, 6.45) is 5.86. The van der Waals surface area contributed by atoms with E-state index in [1.54, 1.807) is 30.2 Å². The average molecular weight is 912 g/mol. The van der Waals surface area contributed by atoms with Gasteiger partial charge in [0.15, 0.2) is 0 Å². The largest absolute Gasteiger partial charge is 0.462 e. The molecule has 3 aromatic heterocycles. The Bertz CT molecular complexity index is 2400. The minimum atomic E-state index is -2.20. The number of rotatable bonds is 8. The SMILES string of the molecule is CCn1c(-c2cccnc2[C@H](C)OC)c2c3cc(ccc31)-c1csc(n1)C[C@H](NC(=O)[C@H](C1CCCC1)N(C)C(=O)N1CCN(C)CC1)C(=O)N1CCC[C@@](O)(N1)C(=O)OCC(C)(C)C2. The number of benzene rings is 1. The van der Waals surface area contributed by atoms with Crippen LogP contribution in [0, 0.1) is 11.3 Å². The van der Waals surface area contributed by atoms with E-state index in [0.717, 1.165) is 83.4 Å². The van der Waals surface area contributed by atoms with E-state index in [1.165, 1.54) is 16.3 Å². The van der Waals surface area contributed by atoms with Crippen LogP contribution < -0.4 is 10.7 Å². The first-order valence-electron chi connectivity index (χ1n) is 23.2. The lowest BCUT2D eigenvalue weighted by Gasteiger charge is -2.41. The fraction of sp³-hybridized carbons (Fsp3) is 0.583. The first kappa shape index (κ1) is 46.6. The van der Waals surface area contributed by atoms with E-state index in [4.69, 9.17) is 19.4 Å². The van der Waals surface area contributed by atoms with Crippen LogP contribution in [0.5, 0.6) is 0 Å². The number of esters is 1. The summed E-state index contributed by atoms with van der Waals surface area (Å²) in [5.41, 5.74) is 6.48. The fourth-order valence-electron chi connectivity index (χ4n) is 10.2. The van der Waals surface area contributed by atoms with E-state index < -0.39 is 41.0 Å². The number of carbonyl (C=O) groups excluding carboxylic acids is 4. The highest BCUT2D eigenvalue weighted by Crippen LogP contribution is 2.42. The van der Waals surface area contributed by atoms with Crippen molar-refractivity contribution in [1.82, 2.24) is 45.0 Å². The van der Waals surface area contributed by atoms with Gasteiger partial charge in [-0.25, -0.2) is 14.6 Å². The molecule has 1 aromatic carbocycles. The third-order valence-electron chi connectivity index (χ3n) is 13.9. The maximum Gasteiger partial charge on any atom is 0.355 e. The predicted molar refractivity (Wildman–Crippen MR) is 248 cm³/mol. The molecule has 0 radical (unpaired) electrons. The number of aliphatic hydroxyl groups is 1. The monoisotopic (exact) mass is 911 g/mol. The Labute approximate surface area is 385 Å². The summed E-state index contributed by atoms with van der Waals surface area (Å²) in [6.45, 7) is 11.6. The highest BCUT2D eigenvalue weighted by Gasteiger charge is 2.46. The second-order valence-corrected chi connectivity index (χ2v) is 20.1. The van der Waals surface area contributed by atoms with E-state index in [-0.39, 0.29) is 44.0 Å². The van der Waals surface area contributed by atoms with Gasteiger partial charge in [0.05, 0.1) is 34.8 Å². The molecule has 4 aromatic rings. The number of aromatic nitrogens is 3. The van der Waals surface area contributed by atoms with Gasteiger partial charge in [-0.05, 0) is 82.3 Å². The van der Waals surface area contributed by atoms with Crippen LogP contribution in [-0.2, 0) is 43.2 Å². The molecule has 4 aliphatic rings.